The number of hydrogen-bond acceptors (Lipinski definition) is 19. The standard InChI is InChI=1S/C49H87N17O13/c1-29(79-3)25-30(17-24-78-2)26-36(44(72)61-32(12-5-7-19-51)43(71)63-35(48(76)77)14-9-22-58-49(56)57)64-45(73)37-15-10-23-66(37)47(75)34(13-8-20-52)60-39(68)28-59-42(70)33(16-21-53)62-46(74)40(38(67)27-54)65-41(69)31(55)11-4-6-18-50/h14,17,24-25,31-34,36-38,40,67H,1,4-13,15-16,18-23,26-28,50-55H2,2-3H3,(H,59,70)(H,60,68)(H,61,72)(H,62,74)(H,63,71)(H,64,73)(H,65,69)(H,76,77)(H4,56,57,58)/b24-17-,30-25+,35-14-/t31-,32-,33-,34+,36-,37-,38-,40-/m0/s1. The summed E-state index contributed by atoms with van der Waals surface area (Å²) in [5, 5.41) is 37.9. The molecule has 0 unspecified atom stereocenters. The number of aliphatic hydroxyl groups excluding tert-OH is 1. The van der Waals surface area contributed by atoms with Gasteiger partial charge in [-0.15, -0.1) is 0 Å². The molecule has 79 heavy (non-hydrogen) atoms. The number of ether oxygens (including phenoxy) is 2. The van der Waals surface area contributed by atoms with Gasteiger partial charge in [0.15, 0.2) is 5.96 Å². The van der Waals surface area contributed by atoms with Crippen LogP contribution in [0.5, 0.6) is 0 Å². The van der Waals surface area contributed by atoms with Crippen LogP contribution >= 0.6 is 0 Å². The van der Waals surface area contributed by atoms with Gasteiger partial charge in [-0.1, -0.05) is 19.1 Å². The summed E-state index contributed by atoms with van der Waals surface area (Å²) in [6, 6.07) is -9.26. The average Bonchev–Trinajstić information content (AvgIpc) is 3.92. The molecule has 1 aliphatic heterocycles. The Balaban J connectivity index is 3.46. The molecule has 0 aliphatic carbocycles. The Morgan fingerprint density at radius 1 is 0.747 bits per heavy atom. The number of likely N-dealkylation sites (tertiary alicyclic amines) is 1. The summed E-state index contributed by atoms with van der Waals surface area (Å²) in [4.78, 5) is 127. The summed E-state index contributed by atoms with van der Waals surface area (Å²) in [5.74, 6) is -8.19. The normalized spacial score (nSPS) is 16.2. The van der Waals surface area contributed by atoms with Crippen molar-refractivity contribution in [1.82, 2.24) is 42.1 Å². The number of allylic oxidation sites excluding steroid dienone is 2. The number of amides is 8. The molecule has 1 aliphatic rings. The van der Waals surface area contributed by atoms with Crippen molar-refractivity contribution in [2.75, 3.05) is 66.6 Å². The smallest absolute Gasteiger partial charge is 0.352 e. The van der Waals surface area contributed by atoms with Crippen molar-refractivity contribution >= 4 is 59.2 Å². The van der Waals surface area contributed by atoms with E-state index in [1.165, 1.54) is 43.6 Å². The van der Waals surface area contributed by atoms with E-state index < -0.39 is 120 Å². The second kappa shape index (κ2) is 39.2. The van der Waals surface area contributed by atoms with Crippen molar-refractivity contribution in [3.63, 3.8) is 0 Å². The summed E-state index contributed by atoms with van der Waals surface area (Å²) < 4.78 is 10.3. The number of nitrogens with one attached hydrogen (secondary N) is 7. The summed E-state index contributed by atoms with van der Waals surface area (Å²) in [7, 11) is 2.74. The van der Waals surface area contributed by atoms with Crippen LogP contribution in [0.1, 0.15) is 83.5 Å². The van der Waals surface area contributed by atoms with Gasteiger partial charge >= 0.3 is 5.97 Å². The maximum absolute atomic E-state index is 14.4. The third kappa shape index (κ3) is 26.8. The molecular formula is C49H87N17O13. The first-order valence-corrected chi connectivity index (χ1v) is 26.1. The van der Waals surface area contributed by atoms with Crippen LogP contribution in [-0.4, -0.2) is 189 Å². The van der Waals surface area contributed by atoms with Crippen LogP contribution in [0.25, 0.3) is 0 Å². The number of unbranched alkanes of at least 4 members (excludes halogenated alkanes) is 2. The highest BCUT2D eigenvalue weighted by molar-refractivity contribution is 5.99. The molecule has 0 aromatic rings. The van der Waals surface area contributed by atoms with Crippen LogP contribution in [0.2, 0.25) is 0 Å². The number of hydrogen-bond donors (Lipinski definition) is 17. The molecule has 0 saturated carbocycles. The maximum atomic E-state index is 14.4. The van der Waals surface area contributed by atoms with Gasteiger partial charge in [0.2, 0.25) is 47.3 Å². The molecule has 0 aromatic carbocycles. The number of nitrogens with two attached hydrogens (primary N) is 8. The van der Waals surface area contributed by atoms with Crippen LogP contribution < -0.4 is 83.1 Å². The number of carbonyl (C=O) groups is 9. The molecule has 30 nitrogen and oxygen atoms in total. The van der Waals surface area contributed by atoms with E-state index in [0.29, 0.717) is 44.2 Å². The van der Waals surface area contributed by atoms with Gasteiger partial charge in [-0.2, -0.15) is 0 Å². The zero-order valence-electron chi connectivity index (χ0n) is 45.4. The number of rotatable bonds is 40. The Hall–Kier alpha value is -7.22. The molecular weight excluding hydrogens is 1030 g/mol. The molecule has 0 spiro atoms. The molecule has 0 aromatic heterocycles. The fraction of sp³-hybridized carbons (Fsp3) is 0.633. The third-order valence-electron chi connectivity index (χ3n) is 12.1. The first kappa shape index (κ1) is 69.8. The molecule has 30 heteroatoms. The number of aliphatic imine (C=N–C) groups is 1. The van der Waals surface area contributed by atoms with E-state index in [1.807, 2.05) is 0 Å². The van der Waals surface area contributed by atoms with Crippen molar-refractivity contribution < 1.29 is 62.8 Å². The number of methoxy groups -OCH3 is 2. The first-order valence-electron chi connectivity index (χ1n) is 26.1. The number of carboxylic acid groups (broad SMARTS) is 1. The minimum Gasteiger partial charge on any atom is -0.504 e. The van der Waals surface area contributed by atoms with Crippen molar-refractivity contribution in [2.45, 2.75) is 132 Å². The highest BCUT2D eigenvalue weighted by Crippen LogP contribution is 2.21. The second-order valence-electron chi connectivity index (χ2n) is 18.3. The van der Waals surface area contributed by atoms with E-state index >= 15 is 0 Å². The maximum Gasteiger partial charge on any atom is 0.352 e. The van der Waals surface area contributed by atoms with E-state index in [1.54, 1.807) is 0 Å². The van der Waals surface area contributed by atoms with E-state index in [4.69, 9.17) is 55.3 Å². The Labute approximate surface area is 460 Å². The molecule has 1 rings (SSSR count). The van der Waals surface area contributed by atoms with Crippen molar-refractivity contribution in [3.05, 3.63) is 48.1 Å². The van der Waals surface area contributed by atoms with E-state index in [0.717, 1.165) is 0 Å². The quantitative estimate of drug-likeness (QED) is 0.00678. The fourth-order valence-electron chi connectivity index (χ4n) is 7.85. The highest BCUT2D eigenvalue weighted by Gasteiger charge is 2.40. The van der Waals surface area contributed by atoms with Gasteiger partial charge in [-0.05, 0) is 115 Å². The molecule has 1 saturated heterocycles. The molecule has 446 valence electrons. The van der Waals surface area contributed by atoms with Crippen LogP contribution in [0.4, 0.5) is 0 Å². The molecule has 0 radical (unpaired) electrons. The lowest BCUT2D eigenvalue weighted by molar-refractivity contribution is -0.142. The van der Waals surface area contributed by atoms with Crippen molar-refractivity contribution in [1.29, 1.82) is 0 Å². The number of nitrogens with zero attached hydrogens (tertiary/aromatic N) is 2. The largest absolute Gasteiger partial charge is 0.504 e. The predicted octanol–water partition coefficient (Wildman–Crippen LogP) is -6.10. The van der Waals surface area contributed by atoms with Gasteiger partial charge < -0.3 is 108 Å². The number of guanidine groups is 1. The van der Waals surface area contributed by atoms with Crippen LogP contribution in [-0.2, 0) is 52.6 Å². The Bertz CT molecular complexity index is 2140. The van der Waals surface area contributed by atoms with Crippen LogP contribution in [0.3, 0.4) is 0 Å². The van der Waals surface area contributed by atoms with E-state index in [-0.39, 0.29) is 95.8 Å². The third-order valence-corrected chi connectivity index (χ3v) is 12.1. The monoisotopic (exact) mass is 1120 g/mol. The fourth-order valence-corrected chi connectivity index (χ4v) is 7.85. The lowest BCUT2D eigenvalue weighted by atomic mass is 10.0. The van der Waals surface area contributed by atoms with Crippen molar-refractivity contribution in [2.24, 2.45) is 50.9 Å². The van der Waals surface area contributed by atoms with Gasteiger partial charge in [0, 0.05) is 26.1 Å². The number of carbonyl (C=O) groups excluding carboxylic acids is 8. The van der Waals surface area contributed by atoms with Gasteiger partial charge in [0.05, 0.1) is 39.2 Å². The zero-order chi connectivity index (χ0) is 59.5. The minimum atomic E-state index is -1.61. The minimum absolute atomic E-state index is 0.00666. The number of carboxylic acids is 1. The summed E-state index contributed by atoms with van der Waals surface area (Å²) >= 11 is 0. The number of aliphatic hydroxyl groups is 1. The topological polar surface area (TPSA) is 521 Å². The van der Waals surface area contributed by atoms with Crippen LogP contribution in [0.15, 0.2) is 53.1 Å². The molecule has 8 atom stereocenters. The van der Waals surface area contributed by atoms with E-state index in [2.05, 4.69) is 48.8 Å². The van der Waals surface area contributed by atoms with Gasteiger partial charge in [-0.25, -0.2) is 4.79 Å². The molecule has 1 heterocycles. The molecule has 0 bridgehead atoms. The lowest BCUT2D eigenvalue weighted by Gasteiger charge is -2.30. The van der Waals surface area contributed by atoms with Crippen molar-refractivity contribution in [3.8, 4) is 0 Å². The Morgan fingerprint density at radius 2 is 1.38 bits per heavy atom. The van der Waals surface area contributed by atoms with Gasteiger partial charge in [0.25, 0.3) is 0 Å². The van der Waals surface area contributed by atoms with Gasteiger partial charge in [-0.3, -0.25) is 43.3 Å². The zero-order valence-corrected chi connectivity index (χ0v) is 45.4. The van der Waals surface area contributed by atoms with E-state index in [9.17, 15) is 53.4 Å². The lowest BCUT2D eigenvalue weighted by Crippen LogP contribution is -2.61. The Kier molecular flexibility index (Phi) is 34.6. The highest BCUT2D eigenvalue weighted by atomic mass is 16.5. The molecule has 8 amide bonds. The second-order valence-corrected chi connectivity index (χ2v) is 18.3. The Morgan fingerprint density at radius 3 is 1.97 bits per heavy atom. The predicted molar refractivity (Wildman–Crippen MR) is 292 cm³/mol. The summed E-state index contributed by atoms with van der Waals surface area (Å²) in [6.45, 7) is 3.37. The first-order chi connectivity index (χ1) is 37.6. The number of aliphatic carboxylic acids is 1. The summed E-state index contributed by atoms with van der Waals surface area (Å²) in [5.41, 5.74) is 44.9. The SMILES string of the molecule is C=C(/C=C(\C=C/OC)C[C@H](NC(=O)[C@@H]1CCCN1C(=O)[C@@H](CCCN)NC(=O)CNC(=O)[C@H](CCN)NC(=O)[C@@H](NC(=O)[C@@H](N)CCCCN)[C@@H](O)CN)C(=O)N[C@@H](CCCCN)C(=O)N/C(=C\CCN=C(N)N)C(=O)O)OC. The molecule has 1 fully saturated rings. The van der Waals surface area contributed by atoms with Gasteiger partial charge in [0.1, 0.15) is 47.7 Å². The molecule has 25 N–H and O–H groups in total. The van der Waals surface area contributed by atoms with Crippen LogP contribution in [0, 0.1) is 0 Å². The summed E-state index contributed by atoms with van der Waals surface area (Å²) in [6.07, 6.45) is 6.40. The average molecular weight is 1120 g/mol.